The average Bonchev–Trinajstić information content (AvgIpc) is 2.80. The molecule has 0 aromatic rings. The van der Waals surface area contributed by atoms with E-state index in [2.05, 4.69) is 24.0 Å². The Morgan fingerprint density at radius 1 is 1.11 bits per heavy atom. The van der Waals surface area contributed by atoms with Crippen molar-refractivity contribution in [1.82, 2.24) is 5.32 Å². The Hall–Kier alpha value is 0.270. The number of thioether (sulfide) groups is 1. The van der Waals surface area contributed by atoms with Gasteiger partial charge in [-0.15, -0.1) is 0 Å². The highest BCUT2D eigenvalue weighted by atomic mass is 32.2. The summed E-state index contributed by atoms with van der Waals surface area (Å²) in [5.41, 5.74) is 0. The van der Waals surface area contributed by atoms with Crippen LogP contribution in [0.4, 0.5) is 0 Å². The maximum absolute atomic E-state index is 5.75. The second kappa shape index (κ2) is 8.44. The van der Waals surface area contributed by atoms with Crippen molar-refractivity contribution in [3.05, 3.63) is 0 Å². The Bertz CT molecular complexity index is 219. The normalized spacial score (nSPS) is 33.5. The van der Waals surface area contributed by atoms with Crippen molar-refractivity contribution in [2.75, 3.05) is 18.9 Å². The molecule has 0 spiro atoms. The minimum atomic E-state index is 0.546. The fourth-order valence-corrected chi connectivity index (χ4v) is 4.57. The molecule has 2 nitrogen and oxygen atoms in total. The molecule has 0 radical (unpaired) electrons. The van der Waals surface area contributed by atoms with Gasteiger partial charge < -0.3 is 10.1 Å². The molecule has 3 heteroatoms. The quantitative estimate of drug-likeness (QED) is 0.746. The Labute approximate surface area is 117 Å². The summed E-state index contributed by atoms with van der Waals surface area (Å²) in [5.74, 6) is 1.22. The molecule has 0 aromatic carbocycles. The number of nitrogens with one attached hydrogen (secondary N) is 1. The second-order valence-electron chi connectivity index (χ2n) is 5.71. The van der Waals surface area contributed by atoms with Crippen LogP contribution in [0.1, 0.15) is 58.3 Å². The van der Waals surface area contributed by atoms with E-state index in [-0.39, 0.29) is 0 Å². The highest BCUT2D eigenvalue weighted by Crippen LogP contribution is 2.30. The summed E-state index contributed by atoms with van der Waals surface area (Å²) in [6, 6.07) is 0.749. The minimum absolute atomic E-state index is 0.546. The van der Waals surface area contributed by atoms with Gasteiger partial charge in [0.15, 0.2) is 0 Å². The maximum Gasteiger partial charge on any atom is 0.0666 e. The summed E-state index contributed by atoms with van der Waals surface area (Å²) in [6.45, 7) is 4.44. The summed E-state index contributed by atoms with van der Waals surface area (Å²) >= 11 is 2.18. The zero-order valence-electron chi connectivity index (χ0n) is 11.8. The molecule has 1 saturated heterocycles. The molecular formula is C15H29NOS. The highest BCUT2D eigenvalue weighted by Gasteiger charge is 2.25. The number of rotatable bonds is 6. The van der Waals surface area contributed by atoms with Crippen molar-refractivity contribution >= 4 is 11.8 Å². The SMILES string of the molecule is CCCNC1CCCCCC1SCC1CCCO1. The van der Waals surface area contributed by atoms with Crippen LogP contribution < -0.4 is 5.32 Å². The summed E-state index contributed by atoms with van der Waals surface area (Å²) in [5, 5.41) is 4.60. The van der Waals surface area contributed by atoms with Crippen molar-refractivity contribution in [2.45, 2.75) is 75.7 Å². The standard InChI is InChI=1S/C15H29NOS/c1-2-10-16-14-8-4-3-5-9-15(14)18-12-13-7-6-11-17-13/h13-16H,2-12H2,1H3. The first-order valence-electron chi connectivity index (χ1n) is 7.86. The van der Waals surface area contributed by atoms with Crippen molar-refractivity contribution in [1.29, 1.82) is 0 Å². The van der Waals surface area contributed by atoms with E-state index < -0.39 is 0 Å². The van der Waals surface area contributed by atoms with Gasteiger partial charge in [0, 0.05) is 23.7 Å². The zero-order chi connectivity index (χ0) is 12.6. The molecule has 3 unspecified atom stereocenters. The van der Waals surface area contributed by atoms with Crippen LogP contribution in [0.5, 0.6) is 0 Å². The molecule has 0 bridgehead atoms. The van der Waals surface area contributed by atoms with Gasteiger partial charge in [-0.05, 0) is 38.6 Å². The van der Waals surface area contributed by atoms with Gasteiger partial charge in [0.1, 0.15) is 0 Å². The largest absolute Gasteiger partial charge is 0.377 e. The first kappa shape index (κ1) is 14.7. The average molecular weight is 271 g/mol. The van der Waals surface area contributed by atoms with E-state index in [1.165, 1.54) is 63.7 Å². The van der Waals surface area contributed by atoms with E-state index in [0.29, 0.717) is 6.10 Å². The summed E-state index contributed by atoms with van der Waals surface area (Å²) in [6.07, 6.45) is 11.4. The van der Waals surface area contributed by atoms with E-state index in [9.17, 15) is 0 Å². The molecule has 1 N–H and O–H groups in total. The van der Waals surface area contributed by atoms with Gasteiger partial charge >= 0.3 is 0 Å². The zero-order valence-corrected chi connectivity index (χ0v) is 12.6. The lowest BCUT2D eigenvalue weighted by Crippen LogP contribution is -2.38. The first-order valence-corrected chi connectivity index (χ1v) is 8.91. The molecule has 0 amide bonds. The molecule has 3 atom stereocenters. The van der Waals surface area contributed by atoms with Crippen LogP contribution in [-0.2, 0) is 4.74 Å². The number of hydrogen-bond acceptors (Lipinski definition) is 3. The molecule has 2 rings (SSSR count). The van der Waals surface area contributed by atoms with Crippen LogP contribution in [0, 0.1) is 0 Å². The monoisotopic (exact) mass is 271 g/mol. The maximum atomic E-state index is 5.75. The summed E-state index contributed by atoms with van der Waals surface area (Å²) in [4.78, 5) is 0. The Kier molecular flexibility index (Phi) is 6.88. The third kappa shape index (κ3) is 4.75. The molecule has 1 saturated carbocycles. The Morgan fingerprint density at radius 2 is 2.00 bits per heavy atom. The van der Waals surface area contributed by atoms with E-state index in [1.54, 1.807) is 0 Å². The van der Waals surface area contributed by atoms with E-state index >= 15 is 0 Å². The lowest BCUT2D eigenvalue weighted by atomic mass is 10.1. The molecule has 2 aliphatic rings. The minimum Gasteiger partial charge on any atom is -0.377 e. The second-order valence-corrected chi connectivity index (χ2v) is 6.98. The topological polar surface area (TPSA) is 21.3 Å². The predicted octanol–water partition coefficient (Wildman–Crippen LogP) is 3.60. The molecule has 1 aliphatic heterocycles. The van der Waals surface area contributed by atoms with Gasteiger partial charge in [0.05, 0.1) is 6.10 Å². The van der Waals surface area contributed by atoms with Gasteiger partial charge in [0.2, 0.25) is 0 Å². The fraction of sp³-hybridized carbons (Fsp3) is 1.00. The Balaban J connectivity index is 1.76. The van der Waals surface area contributed by atoms with Crippen molar-refractivity contribution in [2.24, 2.45) is 0 Å². The van der Waals surface area contributed by atoms with Crippen LogP contribution >= 0.6 is 11.8 Å². The van der Waals surface area contributed by atoms with Crippen LogP contribution in [0.3, 0.4) is 0 Å². The van der Waals surface area contributed by atoms with Crippen LogP contribution in [0.2, 0.25) is 0 Å². The lowest BCUT2D eigenvalue weighted by Gasteiger charge is -2.26. The van der Waals surface area contributed by atoms with Crippen molar-refractivity contribution < 1.29 is 4.74 Å². The Morgan fingerprint density at radius 3 is 2.78 bits per heavy atom. The van der Waals surface area contributed by atoms with Gasteiger partial charge in [-0.1, -0.05) is 26.2 Å². The van der Waals surface area contributed by atoms with E-state index in [1.807, 2.05) is 0 Å². The van der Waals surface area contributed by atoms with Crippen LogP contribution in [0.15, 0.2) is 0 Å². The predicted molar refractivity (Wildman–Crippen MR) is 80.4 cm³/mol. The first-order chi connectivity index (χ1) is 8.90. The lowest BCUT2D eigenvalue weighted by molar-refractivity contribution is 0.128. The number of hydrogen-bond donors (Lipinski definition) is 1. The molecule has 0 aromatic heterocycles. The van der Waals surface area contributed by atoms with Crippen LogP contribution in [0.25, 0.3) is 0 Å². The molecular weight excluding hydrogens is 242 g/mol. The van der Waals surface area contributed by atoms with Gasteiger partial charge in [-0.3, -0.25) is 0 Å². The molecule has 2 fully saturated rings. The molecule has 1 aliphatic carbocycles. The highest BCUT2D eigenvalue weighted by molar-refractivity contribution is 8.00. The van der Waals surface area contributed by atoms with E-state index in [0.717, 1.165) is 17.9 Å². The molecule has 18 heavy (non-hydrogen) atoms. The van der Waals surface area contributed by atoms with Crippen molar-refractivity contribution in [3.8, 4) is 0 Å². The van der Waals surface area contributed by atoms with Crippen LogP contribution in [-0.4, -0.2) is 36.3 Å². The smallest absolute Gasteiger partial charge is 0.0666 e. The van der Waals surface area contributed by atoms with E-state index in [4.69, 9.17) is 4.74 Å². The third-order valence-electron chi connectivity index (χ3n) is 4.13. The third-order valence-corrected chi connectivity index (χ3v) is 5.69. The molecule has 1 heterocycles. The van der Waals surface area contributed by atoms with Gasteiger partial charge in [-0.2, -0.15) is 11.8 Å². The fourth-order valence-electron chi connectivity index (χ4n) is 3.04. The summed E-state index contributed by atoms with van der Waals surface area (Å²) in [7, 11) is 0. The summed E-state index contributed by atoms with van der Waals surface area (Å²) < 4.78 is 5.75. The van der Waals surface area contributed by atoms with Crippen molar-refractivity contribution in [3.63, 3.8) is 0 Å². The van der Waals surface area contributed by atoms with Gasteiger partial charge in [-0.25, -0.2) is 0 Å². The van der Waals surface area contributed by atoms with Gasteiger partial charge in [0.25, 0.3) is 0 Å². The molecule has 106 valence electrons. The number of ether oxygens (including phenoxy) is 1.